The Morgan fingerprint density at radius 3 is 1.20 bits per heavy atom. The zero-order chi connectivity index (χ0) is 39.5. The minimum atomic E-state index is -0.893. The first-order valence-corrected chi connectivity index (χ1v) is 23.4. The molecule has 3 heterocycles. The van der Waals surface area contributed by atoms with Gasteiger partial charge in [-0.2, -0.15) is 0 Å². The predicted octanol–water partition coefficient (Wildman–Crippen LogP) is 13.6. The Bertz CT molecular complexity index is 3270. The second kappa shape index (κ2) is 14.3. The normalized spacial score (nSPS) is 11.7. The second-order valence-corrected chi connectivity index (χ2v) is 18.8. The van der Waals surface area contributed by atoms with E-state index >= 15 is 0 Å². The number of aromatic nitrogens is 3. The molecule has 0 aliphatic carbocycles. The third kappa shape index (κ3) is 6.08. The highest BCUT2D eigenvalue weighted by molar-refractivity contribution is 6.70. The third-order valence-electron chi connectivity index (χ3n) is 11.9. The summed E-state index contributed by atoms with van der Waals surface area (Å²) in [5.41, 5.74) is 16.0. The van der Waals surface area contributed by atoms with E-state index in [4.69, 9.17) is 4.98 Å². The molecule has 3 nitrogen and oxygen atoms in total. The van der Waals surface area contributed by atoms with Crippen LogP contribution in [0.4, 0.5) is 0 Å². The number of fused-ring (bicyclic) bond motifs is 6. The van der Waals surface area contributed by atoms with Crippen LogP contribution in [-0.4, -0.2) is 22.9 Å². The van der Waals surface area contributed by atoms with Crippen molar-refractivity contribution in [1.82, 2.24) is 14.1 Å². The van der Waals surface area contributed by atoms with E-state index in [0.717, 1.165) is 39.3 Å². The minimum absolute atomic E-state index is 0.893. The molecule has 0 aliphatic heterocycles. The topological polar surface area (TPSA) is 22.8 Å². The SMILES string of the molecule is C[SiH](C)c1ccc(-n2c3ccccc3c3ccc(-c4ccc5c6ccccc6n(-c6ccc(-c7cc(-c8ccccc8)nc(-c8ccccc8)c7)cc6)c5c4)cc32)cc1. The van der Waals surface area contributed by atoms with Gasteiger partial charge < -0.3 is 9.13 Å². The highest BCUT2D eigenvalue weighted by atomic mass is 28.3. The van der Waals surface area contributed by atoms with Crippen LogP contribution in [0.3, 0.4) is 0 Å². The summed E-state index contributed by atoms with van der Waals surface area (Å²) in [7, 11) is -0.893. The monoisotopic (exact) mass is 771 g/mol. The molecule has 280 valence electrons. The maximum absolute atomic E-state index is 5.11. The molecule has 0 amide bonds. The zero-order valence-electron chi connectivity index (χ0n) is 33.0. The molecule has 0 bridgehead atoms. The summed E-state index contributed by atoms with van der Waals surface area (Å²) in [4.78, 5) is 5.11. The highest BCUT2D eigenvalue weighted by Crippen LogP contribution is 2.39. The van der Waals surface area contributed by atoms with Gasteiger partial charge in [-0.1, -0.05) is 164 Å². The maximum Gasteiger partial charge on any atom is 0.0715 e. The van der Waals surface area contributed by atoms with Gasteiger partial charge in [0.25, 0.3) is 0 Å². The van der Waals surface area contributed by atoms with E-state index in [9.17, 15) is 0 Å². The highest BCUT2D eigenvalue weighted by Gasteiger charge is 2.17. The molecule has 0 unspecified atom stereocenters. The van der Waals surface area contributed by atoms with Crippen molar-refractivity contribution >= 4 is 57.6 Å². The van der Waals surface area contributed by atoms with Crippen LogP contribution in [0.2, 0.25) is 13.1 Å². The molecule has 4 heteroatoms. The van der Waals surface area contributed by atoms with E-state index in [1.165, 1.54) is 65.6 Å². The molecule has 0 fully saturated rings. The first-order chi connectivity index (χ1) is 29.1. The Hall–Kier alpha value is -7.27. The maximum atomic E-state index is 5.11. The van der Waals surface area contributed by atoms with Gasteiger partial charge in [-0.25, -0.2) is 4.98 Å². The van der Waals surface area contributed by atoms with Gasteiger partial charge in [0, 0.05) is 44.0 Å². The van der Waals surface area contributed by atoms with Crippen LogP contribution in [0, 0.1) is 0 Å². The Balaban J connectivity index is 1.03. The Labute approximate surface area is 345 Å². The van der Waals surface area contributed by atoms with Gasteiger partial charge in [-0.3, -0.25) is 0 Å². The van der Waals surface area contributed by atoms with Crippen molar-refractivity contribution in [2.24, 2.45) is 0 Å². The molecular weight excluding hydrogens is 731 g/mol. The van der Waals surface area contributed by atoms with Gasteiger partial charge in [-0.15, -0.1) is 0 Å². The second-order valence-electron chi connectivity index (χ2n) is 15.8. The van der Waals surface area contributed by atoms with Crippen LogP contribution in [0.15, 0.2) is 206 Å². The minimum Gasteiger partial charge on any atom is -0.309 e. The zero-order valence-corrected chi connectivity index (χ0v) is 34.2. The number of hydrogen-bond acceptors (Lipinski definition) is 1. The molecule has 0 radical (unpaired) electrons. The fourth-order valence-electron chi connectivity index (χ4n) is 8.88. The fourth-order valence-corrected chi connectivity index (χ4v) is 9.84. The molecule has 0 N–H and O–H groups in total. The third-order valence-corrected chi connectivity index (χ3v) is 13.6. The molecule has 11 rings (SSSR count). The van der Waals surface area contributed by atoms with Gasteiger partial charge in [-0.05, 0) is 82.9 Å². The molecule has 0 saturated heterocycles. The summed E-state index contributed by atoms with van der Waals surface area (Å²) < 4.78 is 4.86. The lowest BCUT2D eigenvalue weighted by Crippen LogP contribution is -2.21. The van der Waals surface area contributed by atoms with Gasteiger partial charge in [0.1, 0.15) is 0 Å². The lowest BCUT2D eigenvalue weighted by molar-refractivity contribution is 1.18. The molecular formula is C55H41N3Si. The fraction of sp³-hybridized carbons (Fsp3) is 0.0364. The number of para-hydroxylation sites is 2. The standard InChI is InChI=1S/C55H41N3Si/c1-59(2)45-29-27-44(28-30-45)58-53-20-12-10-18-47(53)49-32-24-41(36-55(49)58)40-23-31-48-46-17-9-11-19-52(46)57(54(48)35-40)43-25-21-37(22-26-43)42-33-50(38-13-5-3-6-14-38)56-51(34-42)39-15-7-4-8-16-39/h3-36,59H,1-2H3. The number of rotatable bonds is 7. The van der Waals surface area contributed by atoms with Crippen molar-refractivity contribution < 1.29 is 0 Å². The summed E-state index contributed by atoms with van der Waals surface area (Å²) in [6, 6.07) is 75.1. The summed E-state index contributed by atoms with van der Waals surface area (Å²) in [6.45, 7) is 4.77. The van der Waals surface area contributed by atoms with Crippen molar-refractivity contribution in [2.75, 3.05) is 0 Å². The molecule has 59 heavy (non-hydrogen) atoms. The molecule has 0 atom stereocenters. The van der Waals surface area contributed by atoms with E-state index in [1.54, 1.807) is 0 Å². The van der Waals surface area contributed by atoms with Crippen molar-refractivity contribution in [3.8, 4) is 56.1 Å². The molecule has 0 aliphatic rings. The van der Waals surface area contributed by atoms with Crippen LogP contribution in [0.5, 0.6) is 0 Å². The van der Waals surface area contributed by atoms with E-state index < -0.39 is 8.80 Å². The lowest BCUT2D eigenvalue weighted by Gasteiger charge is -2.13. The Morgan fingerprint density at radius 2 is 0.729 bits per heavy atom. The Morgan fingerprint density at radius 1 is 0.322 bits per heavy atom. The van der Waals surface area contributed by atoms with Crippen LogP contribution in [-0.2, 0) is 0 Å². The number of nitrogens with zero attached hydrogens (tertiary/aromatic N) is 3. The lowest BCUT2D eigenvalue weighted by atomic mass is 9.99. The van der Waals surface area contributed by atoms with Crippen molar-refractivity contribution in [3.63, 3.8) is 0 Å². The van der Waals surface area contributed by atoms with E-state index in [0.29, 0.717) is 0 Å². The molecule has 0 saturated carbocycles. The van der Waals surface area contributed by atoms with E-state index in [-0.39, 0.29) is 0 Å². The number of pyridine rings is 1. The number of hydrogen-bond donors (Lipinski definition) is 0. The summed E-state index contributed by atoms with van der Waals surface area (Å²) in [5, 5.41) is 6.51. The van der Waals surface area contributed by atoms with Crippen molar-refractivity contribution in [1.29, 1.82) is 0 Å². The van der Waals surface area contributed by atoms with Gasteiger partial charge in [0.2, 0.25) is 0 Å². The van der Waals surface area contributed by atoms with Crippen LogP contribution in [0.25, 0.3) is 99.8 Å². The van der Waals surface area contributed by atoms with Gasteiger partial charge in [0.15, 0.2) is 0 Å². The van der Waals surface area contributed by atoms with Crippen molar-refractivity contribution in [3.05, 3.63) is 206 Å². The van der Waals surface area contributed by atoms with Crippen LogP contribution in [0.1, 0.15) is 0 Å². The van der Waals surface area contributed by atoms with Crippen LogP contribution < -0.4 is 5.19 Å². The van der Waals surface area contributed by atoms with Crippen molar-refractivity contribution in [2.45, 2.75) is 13.1 Å². The summed E-state index contributed by atoms with van der Waals surface area (Å²) in [6.07, 6.45) is 0. The van der Waals surface area contributed by atoms with E-state index in [2.05, 4.69) is 228 Å². The summed E-state index contributed by atoms with van der Waals surface area (Å²) >= 11 is 0. The Kier molecular flexibility index (Phi) is 8.45. The first-order valence-electron chi connectivity index (χ1n) is 20.5. The molecule has 11 aromatic rings. The largest absolute Gasteiger partial charge is 0.309 e. The number of benzene rings is 8. The molecule has 3 aromatic heterocycles. The smallest absolute Gasteiger partial charge is 0.0715 e. The predicted molar refractivity (Wildman–Crippen MR) is 253 cm³/mol. The van der Waals surface area contributed by atoms with E-state index in [1.807, 2.05) is 0 Å². The first kappa shape index (κ1) is 34.9. The van der Waals surface area contributed by atoms with Crippen LogP contribution >= 0.6 is 0 Å². The summed E-state index contributed by atoms with van der Waals surface area (Å²) in [5.74, 6) is 0. The average molecular weight is 772 g/mol. The molecule has 0 spiro atoms. The van der Waals surface area contributed by atoms with Gasteiger partial charge >= 0.3 is 0 Å². The molecule has 8 aromatic carbocycles. The quantitative estimate of drug-likeness (QED) is 0.148. The van der Waals surface area contributed by atoms with Gasteiger partial charge in [0.05, 0.1) is 42.3 Å². The average Bonchev–Trinajstić information content (AvgIpc) is 3.81.